The Balaban J connectivity index is 1.59. The Morgan fingerprint density at radius 1 is 1.14 bits per heavy atom. The SMILES string of the molecule is Cc1nc(-c2cccc(-c3noc([C@@H](NC(=O)c4ccco4)C(C)C)n3)c2)cs1. The number of hydrogen-bond donors (Lipinski definition) is 1. The highest BCUT2D eigenvalue weighted by Gasteiger charge is 2.26. The zero-order chi connectivity index (χ0) is 20.4. The summed E-state index contributed by atoms with van der Waals surface area (Å²) in [6.07, 6.45) is 1.46. The molecule has 4 aromatic rings. The molecule has 0 bridgehead atoms. The molecule has 1 atom stereocenters. The second-order valence-corrected chi connectivity index (χ2v) is 8.02. The van der Waals surface area contributed by atoms with Crippen LogP contribution in [-0.4, -0.2) is 21.0 Å². The summed E-state index contributed by atoms with van der Waals surface area (Å²) < 4.78 is 10.6. The van der Waals surface area contributed by atoms with Crippen LogP contribution in [0.1, 0.15) is 41.3 Å². The lowest BCUT2D eigenvalue weighted by molar-refractivity contribution is 0.0885. The van der Waals surface area contributed by atoms with Gasteiger partial charge in [0.15, 0.2) is 5.76 Å². The van der Waals surface area contributed by atoms with Crippen LogP contribution in [0.2, 0.25) is 0 Å². The van der Waals surface area contributed by atoms with Gasteiger partial charge in [0.05, 0.1) is 17.0 Å². The van der Waals surface area contributed by atoms with E-state index in [1.165, 1.54) is 6.26 Å². The van der Waals surface area contributed by atoms with E-state index in [4.69, 9.17) is 8.94 Å². The summed E-state index contributed by atoms with van der Waals surface area (Å²) in [5.41, 5.74) is 2.73. The van der Waals surface area contributed by atoms with Crippen molar-refractivity contribution in [3.05, 3.63) is 64.7 Å². The number of nitrogens with one attached hydrogen (secondary N) is 1. The van der Waals surface area contributed by atoms with Gasteiger partial charge in [0.1, 0.15) is 6.04 Å². The first-order chi connectivity index (χ1) is 14.0. The van der Waals surface area contributed by atoms with Crippen molar-refractivity contribution in [2.45, 2.75) is 26.8 Å². The molecule has 1 N–H and O–H groups in total. The highest BCUT2D eigenvalue weighted by molar-refractivity contribution is 7.09. The van der Waals surface area contributed by atoms with Gasteiger partial charge in [0, 0.05) is 16.5 Å². The number of thiazole rings is 1. The largest absolute Gasteiger partial charge is 0.459 e. The topological polar surface area (TPSA) is 94.1 Å². The molecule has 0 saturated carbocycles. The Labute approximate surface area is 171 Å². The highest BCUT2D eigenvalue weighted by atomic mass is 32.1. The summed E-state index contributed by atoms with van der Waals surface area (Å²) in [6, 6.07) is 10.7. The molecule has 0 aliphatic carbocycles. The molecule has 0 fully saturated rings. The van der Waals surface area contributed by atoms with Crippen LogP contribution in [0.25, 0.3) is 22.6 Å². The molecule has 8 heteroatoms. The highest BCUT2D eigenvalue weighted by Crippen LogP contribution is 2.28. The maximum absolute atomic E-state index is 12.4. The van der Waals surface area contributed by atoms with Crippen molar-refractivity contribution in [2.75, 3.05) is 0 Å². The first-order valence-electron chi connectivity index (χ1n) is 9.22. The normalized spacial score (nSPS) is 12.3. The molecule has 29 heavy (non-hydrogen) atoms. The van der Waals surface area contributed by atoms with Crippen LogP contribution in [0.4, 0.5) is 0 Å². The monoisotopic (exact) mass is 408 g/mol. The fourth-order valence-corrected chi connectivity index (χ4v) is 3.55. The van der Waals surface area contributed by atoms with Gasteiger partial charge in [0.25, 0.3) is 5.91 Å². The first-order valence-corrected chi connectivity index (χ1v) is 10.1. The van der Waals surface area contributed by atoms with E-state index in [2.05, 4.69) is 20.4 Å². The molecular formula is C21H20N4O3S. The average molecular weight is 408 g/mol. The zero-order valence-corrected chi connectivity index (χ0v) is 17.1. The Hall–Kier alpha value is -3.26. The van der Waals surface area contributed by atoms with Gasteiger partial charge in [-0.05, 0) is 31.0 Å². The summed E-state index contributed by atoms with van der Waals surface area (Å²) in [6.45, 7) is 5.93. The Morgan fingerprint density at radius 3 is 2.66 bits per heavy atom. The average Bonchev–Trinajstić information content (AvgIpc) is 3.47. The maximum atomic E-state index is 12.4. The predicted octanol–water partition coefficient (Wildman–Crippen LogP) is 4.89. The minimum Gasteiger partial charge on any atom is -0.459 e. The molecule has 0 spiro atoms. The van der Waals surface area contributed by atoms with Crippen LogP contribution in [0.3, 0.4) is 0 Å². The fourth-order valence-electron chi connectivity index (χ4n) is 2.93. The van der Waals surface area contributed by atoms with E-state index in [0.717, 1.165) is 21.8 Å². The molecule has 7 nitrogen and oxygen atoms in total. The number of aromatic nitrogens is 3. The van der Waals surface area contributed by atoms with E-state index in [1.54, 1.807) is 23.5 Å². The fraction of sp³-hybridized carbons (Fsp3) is 0.238. The van der Waals surface area contributed by atoms with Crippen LogP contribution in [0, 0.1) is 12.8 Å². The molecule has 0 aliphatic rings. The molecule has 0 radical (unpaired) electrons. The van der Waals surface area contributed by atoms with Gasteiger partial charge in [-0.3, -0.25) is 4.79 Å². The number of benzene rings is 1. The van der Waals surface area contributed by atoms with E-state index in [-0.39, 0.29) is 17.6 Å². The van der Waals surface area contributed by atoms with Crippen molar-refractivity contribution in [3.8, 4) is 22.6 Å². The zero-order valence-electron chi connectivity index (χ0n) is 16.2. The van der Waals surface area contributed by atoms with E-state index in [9.17, 15) is 4.79 Å². The van der Waals surface area contributed by atoms with Crippen molar-refractivity contribution in [1.29, 1.82) is 0 Å². The summed E-state index contributed by atoms with van der Waals surface area (Å²) >= 11 is 1.61. The van der Waals surface area contributed by atoms with Gasteiger partial charge < -0.3 is 14.3 Å². The number of furan rings is 1. The van der Waals surface area contributed by atoms with Crippen LogP contribution in [-0.2, 0) is 0 Å². The number of nitrogens with zero attached hydrogens (tertiary/aromatic N) is 3. The van der Waals surface area contributed by atoms with Crippen LogP contribution in [0.5, 0.6) is 0 Å². The van der Waals surface area contributed by atoms with Gasteiger partial charge in [-0.25, -0.2) is 4.98 Å². The lowest BCUT2D eigenvalue weighted by Crippen LogP contribution is -2.31. The van der Waals surface area contributed by atoms with Crippen molar-refractivity contribution >= 4 is 17.2 Å². The van der Waals surface area contributed by atoms with E-state index in [0.29, 0.717) is 11.7 Å². The molecular weight excluding hydrogens is 388 g/mol. The van der Waals surface area contributed by atoms with Crippen molar-refractivity contribution in [1.82, 2.24) is 20.4 Å². The Kier molecular flexibility index (Phi) is 5.26. The smallest absolute Gasteiger partial charge is 0.287 e. The van der Waals surface area contributed by atoms with E-state index in [1.807, 2.05) is 50.4 Å². The molecule has 148 valence electrons. The lowest BCUT2D eigenvalue weighted by atomic mass is 10.0. The number of rotatable bonds is 6. The number of hydrogen-bond acceptors (Lipinski definition) is 7. The third kappa shape index (κ3) is 4.12. The number of amides is 1. The third-order valence-electron chi connectivity index (χ3n) is 4.44. The van der Waals surface area contributed by atoms with Gasteiger partial charge in [-0.1, -0.05) is 37.2 Å². The quantitative estimate of drug-likeness (QED) is 0.488. The Bertz CT molecular complexity index is 1110. The minimum absolute atomic E-state index is 0.0477. The van der Waals surface area contributed by atoms with Gasteiger partial charge >= 0.3 is 0 Å². The molecule has 3 aromatic heterocycles. The first kappa shape index (κ1) is 19.1. The molecule has 3 heterocycles. The number of carbonyl (C=O) groups excluding carboxylic acids is 1. The Morgan fingerprint density at radius 2 is 1.97 bits per heavy atom. The number of carbonyl (C=O) groups is 1. The summed E-state index contributed by atoms with van der Waals surface area (Å²) in [5.74, 6) is 0.777. The predicted molar refractivity (Wildman–Crippen MR) is 109 cm³/mol. The van der Waals surface area contributed by atoms with Crippen molar-refractivity contribution in [2.24, 2.45) is 5.92 Å². The van der Waals surface area contributed by atoms with Crippen LogP contribution < -0.4 is 5.32 Å². The summed E-state index contributed by atoms with van der Waals surface area (Å²) in [5, 5.41) is 10.1. The second kappa shape index (κ2) is 8.00. The van der Waals surface area contributed by atoms with Gasteiger partial charge in [0.2, 0.25) is 11.7 Å². The number of aryl methyl sites for hydroxylation is 1. The molecule has 0 aliphatic heterocycles. The van der Waals surface area contributed by atoms with Gasteiger partial charge in [-0.15, -0.1) is 11.3 Å². The maximum Gasteiger partial charge on any atom is 0.287 e. The van der Waals surface area contributed by atoms with Crippen LogP contribution >= 0.6 is 11.3 Å². The summed E-state index contributed by atoms with van der Waals surface area (Å²) in [4.78, 5) is 21.4. The standard InChI is InChI=1S/C21H20N4O3S/c1-12(2)18(23-20(26)17-8-5-9-27-17)21-24-19(25-28-21)15-7-4-6-14(10-15)16-11-29-13(3)22-16/h4-12,18H,1-3H3,(H,23,26)/t18-/m0/s1. The van der Waals surface area contributed by atoms with E-state index >= 15 is 0 Å². The van der Waals surface area contributed by atoms with E-state index < -0.39 is 6.04 Å². The lowest BCUT2D eigenvalue weighted by Gasteiger charge is -2.17. The molecule has 1 amide bonds. The molecule has 1 aromatic carbocycles. The minimum atomic E-state index is -0.432. The molecule has 0 saturated heterocycles. The van der Waals surface area contributed by atoms with Crippen molar-refractivity contribution < 1.29 is 13.7 Å². The second-order valence-electron chi connectivity index (χ2n) is 6.96. The molecule has 4 rings (SSSR count). The summed E-state index contributed by atoms with van der Waals surface area (Å²) in [7, 11) is 0. The third-order valence-corrected chi connectivity index (χ3v) is 5.22. The molecule has 0 unspecified atom stereocenters. The van der Waals surface area contributed by atoms with Gasteiger partial charge in [-0.2, -0.15) is 4.98 Å². The van der Waals surface area contributed by atoms with Crippen LogP contribution in [0.15, 0.2) is 57.0 Å². The van der Waals surface area contributed by atoms with Crippen molar-refractivity contribution in [3.63, 3.8) is 0 Å².